The molecule has 0 aromatic heterocycles. The molecule has 0 spiro atoms. The predicted molar refractivity (Wildman–Crippen MR) is 57.8 cm³/mol. The highest BCUT2D eigenvalue weighted by atomic mass is 16.3. The van der Waals surface area contributed by atoms with Crippen LogP contribution in [0.15, 0.2) is 30.3 Å². The van der Waals surface area contributed by atoms with Gasteiger partial charge in [0.1, 0.15) is 5.75 Å². The molecule has 0 heterocycles. The van der Waals surface area contributed by atoms with Crippen LogP contribution >= 0.6 is 0 Å². The van der Waals surface area contributed by atoms with Crippen molar-refractivity contribution in [3.63, 3.8) is 0 Å². The highest BCUT2D eigenvalue weighted by Gasteiger charge is 1.93. The van der Waals surface area contributed by atoms with Gasteiger partial charge in [-0.1, -0.05) is 38.5 Å². The maximum absolute atomic E-state index is 8.63. The van der Waals surface area contributed by atoms with E-state index in [0.29, 0.717) is 18.1 Å². The number of rotatable bonds is 2. The molecular weight excluding hydrogens is 174 g/mol. The van der Waals surface area contributed by atoms with Crippen LogP contribution in [0.2, 0.25) is 0 Å². The molecule has 0 saturated carbocycles. The quantitative estimate of drug-likeness (QED) is 0.779. The zero-order valence-electron chi connectivity index (χ0n) is 8.77. The Hall–Kier alpha value is -1.49. The van der Waals surface area contributed by atoms with Gasteiger partial charge in [-0.15, -0.1) is 0 Å². The Morgan fingerprint density at radius 3 is 2.14 bits per heavy atom. The predicted octanol–water partition coefficient (Wildman–Crippen LogP) is 3.34. The summed E-state index contributed by atoms with van der Waals surface area (Å²) in [5.74, 6) is 0.910. The number of aromatic hydroxyl groups is 1. The summed E-state index contributed by atoms with van der Waals surface area (Å²) in [7, 11) is 0. The third kappa shape index (κ3) is 7.17. The van der Waals surface area contributed by atoms with Crippen LogP contribution < -0.4 is 0 Å². The van der Waals surface area contributed by atoms with Crippen LogP contribution in [-0.2, 0) is 0 Å². The van der Waals surface area contributed by atoms with E-state index in [0.717, 1.165) is 6.42 Å². The fourth-order valence-corrected chi connectivity index (χ4v) is 0.728. The fourth-order valence-electron chi connectivity index (χ4n) is 0.728. The van der Waals surface area contributed by atoms with Crippen LogP contribution in [0.25, 0.3) is 0 Å². The lowest BCUT2D eigenvalue weighted by Crippen LogP contribution is -1.86. The Bertz CT molecular complexity index is 263. The van der Waals surface area contributed by atoms with Gasteiger partial charge in [-0.2, -0.15) is 5.26 Å². The third-order valence-electron chi connectivity index (χ3n) is 1.89. The molecule has 0 saturated heterocycles. The van der Waals surface area contributed by atoms with Gasteiger partial charge in [0.25, 0.3) is 0 Å². The second-order valence-corrected chi connectivity index (χ2v) is 3.21. The lowest BCUT2D eigenvalue weighted by molar-refractivity contribution is 0.475. The number of benzene rings is 1. The van der Waals surface area contributed by atoms with Crippen LogP contribution in [0.5, 0.6) is 5.75 Å². The van der Waals surface area contributed by atoms with E-state index in [1.165, 1.54) is 0 Å². The minimum absolute atomic E-state index is 0.322. The molecule has 1 aromatic carbocycles. The number of phenols is 1. The number of para-hydroxylation sites is 1. The Morgan fingerprint density at radius 2 is 1.93 bits per heavy atom. The summed E-state index contributed by atoms with van der Waals surface area (Å²) in [6, 6.07) is 10.8. The molecule has 1 unspecified atom stereocenters. The minimum Gasteiger partial charge on any atom is -0.508 e. The summed E-state index contributed by atoms with van der Waals surface area (Å²) in [5, 5.41) is 16.8. The highest BCUT2D eigenvalue weighted by Crippen LogP contribution is 2.03. The second-order valence-electron chi connectivity index (χ2n) is 3.21. The first-order valence-corrected chi connectivity index (χ1v) is 4.81. The van der Waals surface area contributed by atoms with Gasteiger partial charge in [-0.25, -0.2) is 0 Å². The van der Waals surface area contributed by atoms with E-state index >= 15 is 0 Å². The Kier molecular flexibility index (Phi) is 7.26. The van der Waals surface area contributed by atoms with Crippen molar-refractivity contribution >= 4 is 0 Å². The molecule has 0 bridgehead atoms. The second kappa shape index (κ2) is 8.12. The molecule has 14 heavy (non-hydrogen) atoms. The van der Waals surface area contributed by atoms with Gasteiger partial charge in [0.2, 0.25) is 0 Å². The summed E-state index contributed by atoms with van der Waals surface area (Å²) in [6.07, 6.45) is 1.82. The van der Waals surface area contributed by atoms with Crippen LogP contribution in [-0.4, -0.2) is 5.11 Å². The van der Waals surface area contributed by atoms with Gasteiger partial charge in [-0.05, 0) is 18.1 Å². The third-order valence-corrected chi connectivity index (χ3v) is 1.89. The summed E-state index contributed by atoms with van der Waals surface area (Å²) in [4.78, 5) is 0. The molecule has 2 heteroatoms. The zero-order valence-corrected chi connectivity index (χ0v) is 8.77. The van der Waals surface area contributed by atoms with E-state index in [1.807, 2.05) is 6.07 Å². The number of phenolic OH excluding ortho intramolecular Hbond substituents is 1. The van der Waals surface area contributed by atoms with Gasteiger partial charge in [-0.3, -0.25) is 0 Å². The fraction of sp³-hybridized carbons (Fsp3) is 0.417. The van der Waals surface area contributed by atoms with Gasteiger partial charge < -0.3 is 5.11 Å². The first kappa shape index (κ1) is 12.5. The van der Waals surface area contributed by atoms with Crippen molar-refractivity contribution in [3.8, 4) is 11.8 Å². The monoisotopic (exact) mass is 191 g/mol. The molecule has 76 valence electrons. The highest BCUT2D eigenvalue weighted by molar-refractivity contribution is 5.18. The average molecular weight is 191 g/mol. The lowest BCUT2D eigenvalue weighted by atomic mass is 10.1. The molecule has 2 nitrogen and oxygen atoms in total. The molecule has 0 fully saturated rings. The summed E-state index contributed by atoms with van der Waals surface area (Å²) in [5.41, 5.74) is 0. The van der Waals surface area contributed by atoms with Crippen molar-refractivity contribution in [1.82, 2.24) is 0 Å². The van der Waals surface area contributed by atoms with Crippen molar-refractivity contribution in [2.75, 3.05) is 0 Å². The maximum Gasteiger partial charge on any atom is 0.115 e. The molecule has 1 atom stereocenters. The molecule has 0 aliphatic carbocycles. The van der Waals surface area contributed by atoms with Gasteiger partial charge in [0.15, 0.2) is 0 Å². The lowest BCUT2D eigenvalue weighted by Gasteiger charge is -1.96. The van der Waals surface area contributed by atoms with Crippen molar-refractivity contribution in [2.45, 2.75) is 26.7 Å². The van der Waals surface area contributed by atoms with Crippen molar-refractivity contribution in [3.05, 3.63) is 30.3 Å². The van der Waals surface area contributed by atoms with E-state index in [2.05, 4.69) is 19.9 Å². The van der Waals surface area contributed by atoms with Crippen LogP contribution in [0.4, 0.5) is 0 Å². The van der Waals surface area contributed by atoms with Gasteiger partial charge in [0, 0.05) is 6.42 Å². The molecule has 1 rings (SSSR count). The molecule has 0 amide bonds. The van der Waals surface area contributed by atoms with E-state index in [4.69, 9.17) is 10.4 Å². The van der Waals surface area contributed by atoms with Gasteiger partial charge in [0.05, 0.1) is 6.07 Å². The summed E-state index contributed by atoms with van der Waals surface area (Å²) < 4.78 is 0. The topological polar surface area (TPSA) is 44.0 Å². The normalized spacial score (nSPS) is 10.6. The van der Waals surface area contributed by atoms with Crippen LogP contribution in [0.1, 0.15) is 26.7 Å². The van der Waals surface area contributed by atoms with Crippen LogP contribution in [0, 0.1) is 17.2 Å². The Balaban J connectivity index is 0.000000241. The SMILES string of the molecule is CCC(C)CC#N.Oc1ccccc1. The van der Waals surface area contributed by atoms with Crippen molar-refractivity contribution in [2.24, 2.45) is 5.92 Å². The Labute approximate surface area is 85.8 Å². The van der Waals surface area contributed by atoms with Crippen molar-refractivity contribution in [1.29, 1.82) is 5.26 Å². The number of nitrogens with zero attached hydrogens (tertiary/aromatic N) is 1. The standard InChI is InChI=1S/C6H11N.C6H6O/c1-3-6(2)4-5-7;7-6-4-2-1-3-5-6/h6H,3-4H2,1-2H3;1-5,7H. The smallest absolute Gasteiger partial charge is 0.115 e. The van der Waals surface area contributed by atoms with Crippen LogP contribution in [0.3, 0.4) is 0 Å². The molecule has 0 aliphatic heterocycles. The Morgan fingerprint density at radius 1 is 1.36 bits per heavy atom. The van der Waals surface area contributed by atoms with E-state index in [-0.39, 0.29) is 0 Å². The molecule has 0 aliphatic rings. The van der Waals surface area contributed by atoms with E-state index < -0.39 is 0 Å². The summed E-state index contributed by atoms with van der Waals surface area (Å²) >= 11 is 0. The number of hydrogen-bond donors (Lipinski definition) is 1. The summed E-state index contributed by atoms with van der Waals surface area (Å²) in [6.45, 7) is 4.19. The van der Waals surface area contributed by atoms with E-state index in [1.54, 1.807) is 24.3 Å². The molecular formula is C12H17NO. The first-order chi connectivity index (χ1) is 6.70. The number of nitriles is 1. The molecule has 1 N–H and O–H groups in total. The first-order valence-electron chi connectivity index (χ1n) is 4.81. The zero-order chi connectivity index (χ0) is 10.8. The molecule has 1 aromatic rings. The number of hydrogen-bond acceptors (Lipinski definition) is 2. The average Bonchev–Trinajstić information content (AvgIpc) is 2.20. The van der Waals surface area contributed by atoms with Crippen molar-refractivity contribution < 1.29 is 5.11 Å². The largest absolute Gasteiger partial charge is 0.508 e. The molecule has 0 radical (unpaired) electrons. The maximum atomic E-state index is 8.63. The van der Waals surface area contributed by atoms with Gasteiger partial charge >= 0.3 is 0 Å². The minimum atomic E-state index is 0.322. The van der Waals surface area contributed by atoms with E-state index in [9.17, 15) is 0 Å².